The number of halogens is 2. The zero-order chi connectivity index (χ0) is 17.5. The van der Waals surface area contributed by atoms with E-state index in [2.05, 4.69) is 16.7 Å². The lowest BCUT2D eigenvalue weighted by atomic mass is 9.98. The summed E-state index contributed by atoms with van der Waals surface area (Å²) in [5.41, 5.74) is 2.10. The van der Waals surface area contributed by atoms with Crippen molar-refractivity contribution >= 4 is 23.2 Å². The summed E-state index contributed by atoms with van der Waals surface area (Å²) in [6.07, 6.45) is 2.50. The van der Waals surface area contributed by atoms with Gasteiger partial charge in [0.25, 0.3) is 0 Å². The third-order valence-electron chi connectivity index (χ3n) is 4.58. The summed E-state index contributed by atoms with van der Waals surface area (Å²) in [5, 5.41) is 8.25. The molecule has 2 aromatic rings. The van der Waals surface area contributed by atoms with E-state index in [1.54, 1.807) is 6.07 Å². The van der Waals surface area contributed by atoms with E-state index in [0.717, 1.165) is 43.4 Å². The van der Waals surface area contributed by atoms with Crippen LogP contribution < -0.4 is 15.4 Å². The van der Waals surface area contributed by atoms with Crippen molar-refractivity contribution in [3.05, 3.63) is 63.6 Å². The standard InChI is InChI=1S/C20H24Cl2N2O/c21-18-6-5-17(19(22)11-18)14-25-20-4-2-1-3-16(20)13-24-12-15-7-9-23-10-8-15/h1-6,11,15,23-24H,7-10,12-14H2. The fourth-order valence-corrected chi connectivity index (χ4v) is 3.54. The predicted molar refractivity (Wildman–Crippen MR) is 105 cm³/mol. The normalized spacial score (nSPS) is 15.3. The average Bonchev–Trinajstić information content (AvgIpc) is 2.63. The van der Waals surface area contributed by atoms with E-state index >= 15 is 0 Å². The van der Waals surface area contributed by atoms with E-state index in [-0.39, 0.29) is 0 Å². The second kappa shape index (κ2) is 9.44. The largest absolute Gasteiger partial charge is 0.489 e. The van der Waals surface area contributed by atoms with Gasteiger partial charge in [-0.25, -0.2) is 0 Å². The van der Waals surface area contributed by atoms with E-state index < -0.39 is 0 Å². The van der Waals surface area contributed by atoms with Crippen LogP contribution in [0.1, 0.15) is 24.0 Å². The van der Waals surface area contributed by atoms with Crippen molar-refractivity contribution in [1.29, 1.82) is 0 Å². The SMILES string of the molecule is Clc1ccc(COc2ccccc2CNCC2CCNCC2)c(Cl)c1. The van der Waals surface area contributed by atoms with Crippen LogP contribution in [-0.4, -0.2) is 19.6 Å². The van der Waals surface area contributed by atoms with Crippen molar-refractivity contribution in [1.82, 2.24) is 10.6 Å². The molecule has 0 unspecified atom stereocenters. The molecule has 0 bridgehead atoms. The van der Waals surface area contributed by atoms with Crippen LogP contribution in [0.3, 0.4) is 0 Å². The summed E-state index contributed by atoms with van der Waals surface area (Å²) in [7, 11) is 0. The van der Waals surface area contributed by atoms with Gasteiger partial charge in [0.1, 0.15) is 12.4 Å². The molecule has 0 atom stereocenters. The van der Waals surface area contributed by atoms with E-state index in [9.17, 15) is 0 Å². The maximum absolute atomic E-state index is 6.22. The molecule has 0 aromatic heterocycles. The van der Waals surface area contributed by atoms with Crippen molar-refractivity contribution in [2.45, 2.75) is 26.0 Å². The van der Waals surface area contributed by atoms with Gasteiger partial charge in [0, 0.05) is 27.7 Å². The molecule has 0 spiro atoms. The molecule has 1 heterocycles. The van der Waals surface area contributed by atoms with Crippen LogP contribution in [0, 0.1) is 5.92 Å². The second-order valence-corrected chi connectivity index (χ2v) is 7.30. The molecule has 0 aliphatic carbocycles. The highest BCUT2D eigenvalue weighted by atomic mass is 35.5. The first-order valence-corrected chi connectivity index (χ1v) is 9.54. The molecule has 1 aliphatic rings. The smallest absolute Gasteiger partial charge is 0.124 e. The summed E-state index contributed by atoms with van der Waals surface area (Å²) < 4.78 is 6.01. The lowest BCUT2D eigenvalue weighted by Crippen LogP contribution is -2.33. The number of hydrogen-bond donors (Lipinski definition) is 2. The monoisotopic (exact) mass is 378 g/mol. The Bertz CT molecular complexity index is 687. The minimum absolute atomic E-state index is 0.432. The van der Waals surface area contributed by atoms with Gasteiger partial charge >= 0.3 is 0 Å². The zero-order valence-electron chi connectivity index (χ0n) is 14.2. The van der Waals surface area contributed by atoms with Crippen molar-refractivity contribution < 1.29 is 4.74 Å². The highest BCUT2D eigenvalue weighted by Gasteiger charge is 2.12. The summed E-state index contributed by atoms with van der Waals surface area (Å²) in [6.45, 7) is 4.57. The van der Waals surface area contributed by atoms with Gasteiger partial charge in [-0.15, -0.1) is 0 Å². The number of piperidine rings is 1. The fraction of sp³-hybridized carbons (Fsp3) is 0.400. The van der Waals surface area contributed by atoms with Crippen molar-refractivity contribution in [3.63, 3.8) is 0 Å². The van der Waals surface area contributed by atoms with Gasteiger partial charge in [-0.1, -0.05) is 47.5 Å². The number of para-hydroxylation sites is 1. The molecular formula is C20H24Cl2N2O. The molecule has 3 nitrogen and oxygen atoms in total. The molecule has 1 saturated heterocycles. The molecule has 0 radical (unpaired) electrons. The van der Waals surface area contributed by atoms with Gasteiger partial charge in [-0.05, 0) is 56.6 Å². The summed E-state index contributed by atoms with van der Waals surface area (Å²) >= 11 is 12.2. The molecule has 25 heavy (non-hydrogen) atoms. The van der Waals surface area contributed by atoms with Crippen molar-refractivity contribution in [3.8, 4) is 5.75 Å². The van der Waals surface area contributed by atoms with Crippen molar-refractivity contribution in [2.75, 3.05) is 19.6 Å². The van der Waals surface area contributed by atoms with Crippen LogP contribution in [0.4, 0.5) is 0 Å². The third-order valence-corrected chi connectivity index (χ3v) is 5.17. The molecule has 1 aliphatic heterocycles. The van der Waals surface area contributed by atoms with E-state index in [1.165, 1.54) is 18.4 Å². The number of ether oxygens (including phenoxy) is 1. The molecule has 2 aromatic carbocycles. The Kier molecular flexibility index (Phi) is 7.00. The van der Waals surface area contributed by atoms with Crippen LogP contribution >= 0.6 is 23.2 Å². The molecular weight excluding hydrogens is 355 g/mol. The summed E-state index contributed by atoms with van der Waals surface area (Å²) in [4.78, 5) is 0. The Balaban J connectivity index is 1.54. The summed E-state index contributed by atoms with van der Waals surface area (Å²) in [5.74, 6) is 1.66. The first-order valence-electron chi connectivity index (χ1n) is 8.78. The molecule has 1 fully saturated rings. The average molecular weight is 379 g/mol. The molecule has 134 valence electrons. The second-order valence-electron chi connectivity index (χ2n) is 6.46. The summed E-state index contributed by atoms with van der Waals surface area (Å²) in [6, 6.07) is 13.6. The lowest BCUT2D eigenvalue weighted by molar-refractivity contribution is 0.301. The van der Waals surface area contributed by atoms with Crippen LogP contribution in [0.25, 0.3) is 0 Å². The maximum Gasteiger partial charge on any atom is 0.124 e. The Morgan fingerprint density at radius 1 is 1.04 bits per heavy atom. The van der Waals surface area contributed by atoms with Gasteiger partial charge in [-0.3, -0.25) is 0 Å². The maximum atomic E-state index is 6.22. The van der Waals surface area contributed by atoms with E-state index in [1.807, 2.05) is 30.3 Å². The van der Waals surface area contributed by atoms with Gasteiger partial charge in [0.2, 0.25) is 0 Å². The predicted octanol–water partition coefficient (Wildman–Crippen LogP) is 4.66. The van der Waals surface area contributed by atoms with Crippen molar-refractivity contribution in [2.24, 2.45) is 5.92 Å². The zero-order valence-corrected chi connectivity index (χ0v) is 15.7. The quantitative estimate of drug-likeness (QED) is 0.734. The lowest BCUT2D eigenvalue weighted by Gasteiger charge is -2.23. The number of hydrogen-bond acceptors (Lipinski definition) is 3. The van der Waals surface area contributed by atoms with E-state index in [4.69, 9.17) is 27.9 Å². The fourth-order valence-electron chi connectivity index (χ4n) is 3.08. The Hall–Kier alpha value is -1.26. The van der Waals surface area contributed by atoms with E-state index in [0.29, 0.717) is 16.7 Å². The highest BCUT2D eigenvalue weighted by Crippen LogP contribution is 2.24. The van der Waals surface area contributed by atoms with Gasteiger partial charge < -0.3 is 15.4 Å². The van der Waals surface area contributed by atoms with Gasteiger partial charge in [-0.2, -0.15) is 0 Å². The van der Waals surface area contributed by atoms with Crippen LogP contribution in [0.5, 0.6) is 5.75 Å². The first-order chi connectivity index (χ1) is 12.2. The minimum Gasteiger partial charge on any atom is -0.489 e. The first kappa shape index (κ1) is 18.5. The van der Waals surface area contributed by atoms with Gasteiger partial charge in [0.15, 0.2) is 0 Å². The topological polar surface area (TPSA) is 33.3 Å². The molecule has 3 rings (SSSR count). The highest BCUT2D eigenvalue weighted by molar-refractivity contribution is 6.35. The molecule has 0 saturated carbocycles. The Labute approximate surface area is 159 Å². The van der Waals surface area contributed by atoms with Crippen LogP contribution in [-0.2, 0) is 13.2 Å². The minimum atomic E-state index is 0.432. The van der Waals surface area contributed by atoms with Gasteiger partial charge in [0.05, 0.1) is 0 Å². The molecule has 0 amide bonds. The number of benzene rings is 2. The Morgan fingerprint density at radius 3 is 2.64 bits per heavy atom. The molecule has 2 N–H and O–H groups in total. The third kappa shape index (κ3) is 5.61. The van der Waals surface area contributed by atoms with Crippen LogP contribution in [0.2, 0.25) is 10.0 Å². The number of nitrogens with one attached hydrogen (secondary N) is 2. The molecule has 5 heteroatoms. The van der Waals surface area contributed by atoms with Crippen LogP contribution in [0.15, 0.2) is 42.5 Å². The number of rotatable bonds is 7. The Morgan fingerprint density at radius 2 is 1.84 bits per heavy atom.